The van der Waals surface area contributed by atoms with E-state index in [1.165, 1.54) is 18.2 Å². The first-order valence-corrected chi connectivity index (χ1v) is 7.86. The summed E-state index contributed by atoms with van der Waals surface area (Å²) in [6.45, 7) is 1.82. The molecule has 0 saturated carbocycles. The normalized spacial score (nSPS) is 18.1. The van der Waals surface area contributed by atoms with Gasteiger partial charge in [-0.15, -0.1) is 0 Å². The van der Waals surface area contributed by atoms with Gasteiger partial charge in [-0.1, -0.05) is 11.6 Å². The Hall–Kier alpha value is -0.980. The maximum absolute atomic E-state index is 13.2. The molecule has 1 aromatic carbocycles. The quantitative estimate of drug-likeness (QED) is 0.660. The van der Waals surface area contributed by atoms with Crippen LogP contribution in [0, 0.1) is 5.82 Å². The monoisotopic (exact) mass is 317 g/mol. The molecule has 0 radical (unpaired) electrons. The van der Waals surface area contributed by atoms with Crippen molar-refractivity contribution in [3.05, 3.63) is 34.6 Å². The lowest BCUT2D eigenvalue weighted by molar-refractivity contribution is 0.186. The highest BCUT2D eigenvalue weighted by molar-refractivity contribution is 7.99. The molecule has 1 unspecified atom stereocenters. The van der Waals surface area contributed by atoms with Gasteiger partial charge in [-0.25, -0.2) is 4.39 Å². The van der Waals surface area contributed by atoms with Crippen molar-refractivity contribution in [1.29, 1.82) is 0 Å². The Morgan fingerprint density at radius 3 is 2.80 bits per heavy atom. The summed E-state index contributed by atoms with van der Waals surface area (Å²) in [7, 11) is 0. The molecule has 7 heteroatoms. The van der Waals surface area contributed by atoms with Crippen LogP contribution < -0.4 is 5.73 Å². The maximum atomic E-state index is 13.2. The molecular formula is C13H17ClFN3OS. The third kappa shape index (κ3) is 4.26. The van der Waals surface area contributed by atoms with Crippen LogP contribution in [0.1, 0.15) is 11.7 Å². The molecule has 20 heavy (non-hydrogen) atoms. The first-order valence-electron chi connectivity index (χ1n) is 6.33. The molecule has 1 atom stereocenters. The van der Waals surface area contributed by atoms with Crippen molar-refractivity contribution in [2.24, 2.45) is 10.7 Å². The zero-order valence-electron chi connectivity index (χ0n) is 10.9. The molecule has 1 aromatic rings. The summed E-state index contributed by atoms with van der Waals surface area (Å²) in [5.41, 5.74) is 6.29. The van der Waals surface area contributed by atoms with Gasteiger partial charge in [0.05, 0.1) is 12.6 Å². The van der Waals surface area contributed by atoms with Gasteiger partial charge in [0.1, 0.15) is 5.82 Å². The van der Waals surface area contributed by atoms with E-state index >= 15 is 0 Å². The molecular weight excluding hydrogens is 301 g/mol. The predicted molar refractivity (Wildman–Crippen MR) is 81.8 cm³/mol. The number of aliphatic hydroxyl groups is 1. The number of nitrogens with zero attached hydrogens (tertiary/aromatic N) is 2. The number of thioether (sulfide) groups is 1. The molecule has 0 spiro atoms. The first kappa shape index (κ1) is 15.4. The summed E-state index contributed by atoms with van der Waals surface area (Å²) in [4.78, 5) is 6.17. The van der Waals surface area contributed by atoms with E-state index in [0.717, 1.165) is 24.6 Å². The van der Waals surface area contributed by atoms with Crippen molar-refractivity contribution >= 4 is 29.3 Å². The van der Waals surface area contributed by atoms with E-state index in [4.69, 9.17) is 17.3 Å². The molecule has 3 N–H and O–H groups in total. The summed E-state index contributed by atoms with van der Waals surface area (Å²) in [5.74, 6) is 2.00. The van der Waals surface area contributed by atoms with Crippen LogP contribution in [0.4, 0.5) is 4.39 Å². The summed E-state index contributed by atoms with van der Waals surface area (Å²) in [6.07, 6.45) is -0.916. The van der Waals surface area contributed by atoms with Crippen molar-refractivity contribution in [1.82, 2.24) is 4.90 Å². The molecule has 1 heterocycles. The van der Waals surface area contributed by atoms with Crippen molar-refractivity contribution in [3.8, 4) is 0 Å². The number of hydrogen-bond acceptors (Lipinski definition) is 3. The van der Waals surface area contributed by atoms with E-state index in [1.807, 2.05) is 16.7 Å². The molecule has 2 rings (SSSR count). The number of rotatable bonds is 3. The molecule has 4 nitrogen and oxygen atoms in total. The second-order valence-electron chi connectivity index (χ2n) is 4.52. The Labute approximate surface area is 126 Å². The number of nitrogens with two attached hydrogens (primary N) is 1. The average Bonchev–Trinajstić information content (AvgIpc) is 2.44. The van der Waals surface area contributed by atoms with E-state index in [9.17, 15) is 9.50 Å². The smallest absolute Gasteiger partial charge is 0.191 e. The molecule has 0 aromatic heterocycles. The molecule has 0 bridgehead atoms. The van der Waals surface area contributed by atoms with Gasteiger partial charge in [-0.05, 0) is 23.8 Å². The maximum Gasteiger partial charge on any atom is 0.191 e. The van der Waals surface area contributed by atoms with Crippen molar-refractivity contribution in [2.45, 2.75) is 6.10 Å². The standard InChI is InChI=1S/C13H17ClFN3OS/c14-10-5-9(6-11(15)7-10)12(19)8-17-13(16)18-1-3-20-4-2-18/h5-7,12,19H,1-4,8H2,(H2,16,17). The SMILES string of the molecule is NC(=NCC(O)c1cc(F)cc(Cl)c1)N1CCSCC1. The minimum Gasteiger partial charge on any atom is -0.386 e. The van der Waals surface area contributed by atoms with Gasteiger partial charge in [-0.2, -0.15) is 11.8 Å². The Kier molecular flexibility index (Phi) is 5.51. The van der Waals surface area contributed by atoms with Crippen LogP contribution in [0.25, 0.3) is 0 Å². The number of halogens is 2. The van der Waals surface area contributed by atoms with Crippen LogP contribution in [-0.4, -0.2) is 47.1 Å². The molecule has 0 amide bonds. The second kappa shape index (κ2) is 7.15. The van der Waals surface area contributed by atoms with E-state index < -0.39 is 11.9 Å². The fourth-order valence-corrected chi connectivity index (χ4v) is 3.08. The van der Waals surface area contributed by atoms with Crippen LogP contribution in [0.15, 0.2) is 23.2 Å². The van der Waals surface area contributed by atoms with Crippen LogP contribution >= 0.6 is 23.4 Å². The fourth-order valence-electron chi connectivity index (χ4n) is 1.95. The van der Waals surface area contributed by atoms with Gasteiger partial charge in [0.15, 0.2) is 5.96 Å². The molecule has 1 aliphatic heterocycles. The molecule has 1 fully saturated rings. The first-order chi connectivity index (χ1) is 9.56. The topological polar surface area (TPSA) is 61.9 Å². The lowest BCUT2D eigenvalue weighted by Crippen LogP contribution is -2.42. The lowest BCUT2D eigenvalue weighted by atomic mass is 10.1. The number of aliphatic hydroxyl groups excluding tert-OH is 1. The Morgan fingerprint density at radius 2 is 2.15 bits per heavy atom. The zero-order chi connectivity index (χ0) is 14.5. The lowest BCUT2D eigenvalue weighted by Gasteiger charge is -2.27. The molecule has 1 saturated heterocycles. The zero-order valence-corrected chi connectivity index (χ0v) is 12.5. The number of guanidine groups is 1. The Morgan fingerprint density at radius 1 is 1.45 bits per heavy atom. The molecule has 110 valence electrons. The summed E-state index contributed by atoms with van der Waals surface area (Å²) in [5, 5.41) is 10.3. The highest BCUT2D eigenvalue weighted by atomic mass is 35.5. The average molecular weight is 318 g/mol. The molecule has 1 aliphatic rings. The number of aliphatic imine (C=N–C) groups is 1. The van der Waals surface area contributed by atoms with E-state index in [2.05, 4.69) is 4.99 Å². The van der Waals surface area contributed by atoms with E-state index in [0.29, 0.717) is 11.5 Å². The highest BCUT2D eigenvalue weighted by Crippen LogP contribution is 2.20. The van der Waals surface area contributed by atoms with Crippen molar-refractivity contribution in [3.63, 3.8) is 0 Å². The molecule has 0 aliphatic carbocycles. The number of benzene rings is 1. The van der Waals surface area contributed by atoms with Gasteiger partial charge >= 0.3 is 0 Å². The van der Waals surface area contributed by atoms with Gasteiger partial charge < -0.3 is 15.7 Å². The van der Waals surface area contributed by atoms with E-state index in [-0.39, 0.29) is 11.6 Å². The second-order valence-corrected chi connectivity index (χ2v) is 6.18. The van der Waals surface area contributed by atoms with Gasteiger partial charge in [0.25, 0.3) is 0 Å². The summed E-state index contributed by atoms with van der Waals surface area (Å²) in [6, 6.07) is 3.97. The fraction of sp³-hybridized carbons (Fsp3) is 0.462. The van der Waals surface area contributed by atoms with Crippen molar-refractivity contribution < 1.29 is 9.50 Å². The predicted octanol–water partition coefficient (Wildman–Crippen LogP) is 1.88. The van der Waals surface area contributed by atoms with Crippen LogP contribution in [-0.2, 0) is 0 Å². The summed E-state index contributed by atoms with van der Waals surface area (Å²) < 4.78 is 13.2. The van der Waals surface area contributed by atoms with Crippen LogP contribution in [0.3, 0.4) is 0 Å². The Balaban J connectivity index is 1.98. The Bertz CT molecular complexity index is 474. The number of hydrogen-bond donors (Lipinski definition) is 2. The minimum absolute atomic E-state index is 0.0925. The third-order valence-electron chi connectivity index (χ3n) is 3.03. The summed E-state index contributed by atoms with van der Waals surface area (Å²) >= 11 is 7.64. The van der Waals surface area contributed by atoms with E-state index in [1.54, 1.807) is 0 Å². The minimum atomic E-state index is -0.916. The van der Waals surface area contributed by atoms with Crippen LogP contribution in [0.5, 0.6) is 0 Å². The van der Waals surface area contributed by atoms with Gasteiger partial charge in [0, 0.05) is 29.6 Å². The highest BCUT2D eigenvalue weighted by Gasteiger charge is 2.14. The van der Waals surface area contributed by atoms with Gasteiger partial charge in [-0.3, -0.25) is 4.99 Å². The largest absolute Gasteiger partial charge is 0.386 e. The van der Waals surface area contributed by atoms with Gasteiger partial charge in [0.2, 0.25) is 0 Å². The third-order valence-corrected chi connectivity index (χ3v) is 4.19. The van der Waals surface area contributed by atoms with Crippen LogP contribution in [0.2, 0.25) is 5.02 Å². The van der Waals surface area contributed by atoms with Crippen molar-refractivity contribution in [2.75, 3.05) is 31.1 Å².